The second-order valence-electron chi connectivity index (χ2n) is 7.29. The first-order valence-corrected chi connectivity index (χ1v) is 10.7. The molecule has 0 aliphatic heterocycles. The Morgan fingerprint density at radius 1 is 1.24 bits per heavy atom. The van der Waals surface area contributed by atoms with Crippen molar-refractivity contribution < 1.29 is 13.2 Å². The van der Waals surface area contributed by atoms with E-state index < -0.39 is 10.0 Å². The van der Waals surface area contributed by atoms with Crippen LogP contribution in [0.25, 0.3) is 11.0 Å². The van der Waals surface area contributed by atoms with Gasteiger partial charge in [-0.1, -0.05) is 18.2 Å². The number of sulfonamides is 1. The third kappa shape index (κ3) is 4.01. The topological polar surface area (TPSA) is 97.2 Å². The van der Waals surface area contributed by atoms with Crippen LogP contribution in [0.4, 0.5) is 0 Å². The van der Waals surface area contributed by atoms with Gasteiger partial charge in [0.2, 0.25) is 10.0 Å². The van der Waals surface area contributed by atoms with E-state index in [1.807, 2.05) is 18.5 Å². The van der Waals surface area contributed by atoms with E-state index in [0.717, 1.165) is 15.3 Å². The van der Waals surface area contributed by atoms with Crippen molar-refractivity contribution >= 4 is 27.0 Å². The zero-order valence-electron chi connectivity index (χ0n) is 17.2. The number of hydrogen-bond donors (Lipinski definition) is 1. The molecule has 0 aliphatic carbocycles. The maximum absolute atomic E-state index is 12.8. The lowest BCUT2D eigenvalue weighted by Gasteiger charge is -2.15. The second-order valence-corrected chi connectivity index (χ2v) is 9.42. The number of carbonyl (C=O) groups excluding carboxylic acids is 1. The average Bonchev–Trinajstić information content (AvgIpc) is 3.08. The molecule has 0 atom stereocenters. The zero-order chi connectivity index (χ0) is 21.3. The fourth-order valence-corrected chi connectivity index (χ4v) is 4.16. The molecule has 0 aliphatic rings. The van der Waals surface area contributed by atoms with Gasteiger partial charge in [0.25, 0.3) is 5.91 Å². The summed E-state index contributed by atoms with van der Waals surface area (Å²) < 4.78 is 28.0. The first-order valence-electron chi connectivity index (χ1n) is 9.26. The summed E-state index contributed by atoms with van der Waals surface area (Å²) in [6.07, 6.45) is 1.69. The number of nitrogens with zero attached hydrogens (tertiary/aromatic N) is 4. The summed E-state index contributed by atoms with van der Waals surface area (Å²) in [4.78, 5) is 17.5. The lowest BCUT2D eigenvalue weighted by Crippen LogP contribution is -2.27. The number of rotatable bonds is 6. The molecule has 0 saturated carbocycles. The van der Waals surface area contributed by atoms with E-state index in [4.69, 9.17) is 0 Å². The predicted molar refractivity (Wildman–Crippen MR) is 111 cm³/mol. The quantitative estimate of drug-likeness (QED) is 0.667. The maximum atomic E-state index is 12.8. The summed E-state index contributed by atoms with van der Waals surface area (Å²) >= 11 is 0. The Morgan fingerprint density at radius 3 is 2.59 bits per heavy atom. The molecule has 9 heteroatoms. The SMILES string of the molecule is Cc1nc2c(cnn2C(C)C)cc1C(=O)NCc1ccccc1S(=O)(=O)N(C)C. The third-order valence-electron chi connectivity index (χ3n) is 4.66. The number of fused-ring (bicyclic) bond motifs is 1. The molecule has 2 heterocycles. The minimum Gasteiger partial charge on any atom is -0.348 e. The summed E-state index contributed by atoms with van der Waals surface area (Å²) in [6, 6.07) is 8.56. The van der Waals surface area contributed by atoms with Crippen molar-refractivity contribution in [3.8, 4) is 0 Å². The molecule has 0 unspecified atom stereocenters. The number of amides is 1. The van der Waals surface area contributed by atoms with Crippen LogP contribution in [0.15, 0.2) is 41.4 Å². The van der Waals surface area contributed by atoms with E-state index in [9.17, 15) is 13.2 Å². The summed E-state index contributed by atoms with van der Waals surface area (Å²) in [5.74, 6) is -0.314. The van der Waals surface area contributed by atoms with Crippen LogP contribution in [-0.2, 0) is 16.6 Å². The minimum absolute atomic E-state index is 0.0881. The number of carbonyl (C=O) groups is 1. The molecule has 1 N–H and O–H groups in total. The van der Waals surface area contributed by atoms with Gasteiger partial charge in [0, 0.05) is 32.1 Å². The van der Waals surface area contributed by atoms with Gasteiger partial charge in [-0.25, -0.2) is 22.4 Å². The van der Waals surface area contributed by atoms with Crippen LogP contribution in [0.1, 0.15) is 41.5 Å². The lowest BCUT2D eigenvalue weighted by molar-refractivity contribution is 0.0949. The summed E-state index contributed by atoms with van der Waals surface area (Å²) in [5.41, 5.74) is 2.28. The Bertz CT molecular complexity index is 1170. The van der Waals surface area contributed by atoms with E-state index in [1.165, 1.54) is 20.2 Å². The lowest BCUT2D eigenvalue weighted by atomic mass is 10.1. The van der Waals surface area contributed by atoms with Crippen molar-refractivity contribution in [3.63, 3.8) is 0 Å². The number of benzene rings is 1. The minimum atomic E-state index is -3.60. The van der Waals surface area contributed by atoms with Crippen molar-refractivity contribution in [2.24, 2.45) is 0 Å². The summed E-state index contributed by atoms with van der Waals surface area (Å²) in [5, 5.41) is 7.93. The zero-order valence-corrected chi connectivity index (χ0v) is 18.0. The molecule has 0 bridgehead atoms. The number of nitrogens with one attached hydrogen (secondary N) is 1. The van der Waals surface area contributed by atoms with Gasteiger partial charge in [0.05, 0.1) is 22.3 Å². The summed E-state index contributed by atoms with van der Waals surface area (Å²) in [6.45, 7) is 5.90. The van der Waals surface area contributed by atoms with Crippen LogP contribution >= 0.6 is 0 Å². The highest BCUT2D eigenvalue weighted by molar-refractivity contribution is 7.89. The molecular formula is C20H25N5O3S. The molecule has 3 aromatic rings. The van der Waals surface area contributed by atoms with Crippen molar-refractivity contribution in [2.75, 3.05) is 14.1 Å². The number of pyridine rings is 1. The second kappa shape index (κ2) is 7.92. The van der Waals surface area contributed by atoms with E-state index >= 15 is 0 Å². The van der Waals surface area contributed by atoms with Crippen molar-refractivity contribution in [1.29, 1.82) is 0 Å². The standard InChI is InChI=1S/C20H25N5O3S/c1-13(2)25-19-16(12-22-25)10-17(14(3)23-19)20(26)21-11-15-8-6-7-9-18(15)29(27,28)24(4)5/h6-10,12-13H,11H2,1-5H3,(H,21,26). The molecule has 3 rings (SSSR count). The first-order chi connectivity index (χ1) is 13.6. The van der Waals surface area contributed by atoms with Crippen molar-refractivity contribution in [1.82, 2.24) is 24.4 Å². The van der Waals surface area contributed by atoms with Crippen LogP contribution < -0.4 is 5.32 Å². The molecule has 2 aromatic heterocycles. The molecule has 1 amide bonds. The van der Waals surface area contributed by atoms with Gasteiger partial charge >= 0.3 is 0 Å². The van der Waals surface area contributed by atoms with Crippen LogP contribution in [0, 0.1) is 6.92 Å². The first kappa shape index (κ1) is 20.9. The highest BCUT2D eigenvalue weighted by atomic mass is 32.2. The molecule has 29 heavy (non-hydrogen) atoms. The normalized spacial score (nSPS) is 12.1. The van der Waals surface area contributed by atoms with Gasteiger partial charge in [0.15, 0.2) is 5.65 Å². The molecule has 8 nitrogen and oxygen atoms in total. The Kier molecular flexibility index (Phi) is 5.72. The van der Waals surface area contributed by atoms with Crippen LogP contribution in [-0.4, -0.2) is 47.5 Å². The fourth-order valence-electron chi connectivity index (χ4n) is 3.04. The smallest absolute Gasteiger partial charge is 0.253 e. The summed E-state index contributed by atoms with van der Waals surface area (Å²) in [7, 11) is -0.647. The fraction of sp³-hybridized carbons (Fsp3) is 0.350. The number of aryl methyl sites for hydroxylation is 1. The van der Waals surface area contributed by atoms with Gasteiger partial charge in [-0.05, 0) is 38.5 Å². The van der Waals surface area contributed by atoms with Gasteiger partial charge in [0.1, 0.15) is 0 Å². The van der Waals surface area contributed by atoms with Crippen LogP contribution in [0.5, 0.6) is 0 Å². The molecular weight excluding hydrogens is 390 g/mol. The highest BCUT2D eigenvalue weighted by Crippen LogP contribution is 2.21. The van der Waals surface area contributed by atoms with E-state index in [1.54, 1.807) is 37.4 Å². The van der Waals surface area contributed by atoms with Crippen molar-refractivity contribution in [3.05, 3.63) is 53.3 Å². The predicted octanol–water partition coefficient (Wildman–Crippen LogP) is 2.50. The van der Waals surface area contributed by atoms with Crippen LogP contribution in [0.2, 0.25) is 0 Å². The number of aromatic nitrogens is 3. The van der Waals surface area contributed by atoms with Gasteiger partial charge in [-0.15, -0.1) is 0 Å². The average molecular weight is 416 g/mol. The molecule has 154 valence electrons. The van der Waals surface area contributed by atoms with Gasteiger partial charge < -0.3 is 5.32 Å². The largest absolute Gasteiger partial charge is 0.348 e. The van der Waals surface area contributed by atoms with E-state index in [2.05, 4.69) is 15.4 Å². The Morgan fingerprint density at radius 2 is 1.93 bits per heavy atom. The van der Waals surface area contributed by atoms with Gasteiger partial charge in [-0.3, -0.25) is 4.79 Å². The monoisotopic (exact) mass is 415 g/mol. The molecule has 0 saturated heterocycles. The number of hydrogen-bond acceptors (Lipinski definition) is 5. The van der Waals surface area contributed by atoms with Crippen molar-refractivity contribution in [2.45, 2.75) is 38.3 Å². The van der Waals surface area contributed by atoms with Gasteiger partial charge in [-0.2, -0.15) is 5.10 Å². The highest BCUT2D eigenvalue weighted by Gasteiger charge is 2.21. The van der Waals surface area contributed by atoms with E-state index in [0.29, 0.717) is 16.8 Å². The third-order valence-corrected chi connectivity index (χ3v) is 6.58. The molecule has 1 aromatic carbocycles. The Labute approximate surface area is 170 Å². The van der Waals surface area contributed by atoms with E-state index in [-0.39, 0.29) is 23.4 Å². The van der Waals surface area contributed by atoms with Crippen LogP contribution in [0.3, 0.4) is 0 Å². The maximum Gasteiger partial charge on any atom is 0.253 e. The molecule has 0 fully saturated rings. The Hall–Kier alpha value is -2.78. The Balaban J connectivity index is 1.87. The molecule has 0 spiro atoms. The molecule has 0 radical (unpaired) electrons.